The Hall–Kier alpha value is -1.32. The smallest absolute Gasteiger partial charge is 0.410 e. The molecule has 0 bridgehead atoms. The summed E-state index contributed by atoms with van der Waals surface area (Å²) in [5.74, 6) is 0.795. The summed E-state index contributed by atoms with van der Waals surface area (Å²) in [7, 11) is -1.43. The molecular weight excluding hydrogens is 420 g/mol. The molecule has 1 unspecified atom stereocenters. The lowest BCUT2D eigenvalue weighted by Gasteiger charge is -2.54. The fourth-order valence-electron chi connectivity index (χ4n) is 4.11. The summed E-state index contributed by atoms with van der Waals surface area (Å²) in [6.45, 7) is 16.5. The van der Waals surface area contributed by atoms with Crippen molar-refractivity contribution >= 4 is 38.6 Å². The molecule has 0 saturated carbocycles. The molecule has 2 amide bonds. The van der Waals surface area contributed by atoms with Gasteiger partial charge in [-0.1, -0.05) is 33.4 Å². The highest BCUT2D eigenvalue weighted by molar-refractivity contribution is 7.99. The van der Waals surface area contributed by atoms with Gasteiger partial charge in [0.25, 0.3) is 0 Å². The zero-order chi connectivity index (χ0) is 22.7. The van der Waals surface area contributed by atoms with E-state index < -0.39 is 32.7 Å². The molecule has 7 nitrogen and oxygen atoms in total. The maximum atomic E-state index is 13.2. The maximum Gasteiger partial charge on any atom is 0.410 e. The van der Waals surface area contributed by atoms with Crippen LogP contribution in [0.3, 0.4) is 0 Å². The maximum absolute atomic E-state index is 13.2. The Balaban J connectivity index is 2.15. The number of carbonyl (C=O) groups is 3. The minimum atomic E-state index is -1.43. The fourth-order valence-corrected chi connectivity index (χ4v) is 6.67. The van der Waals surface area contributed by atoms with Crippen LogP contribution in [0.4, 0.5) is 4.79 Å². The predicted molar refractivity (Wildman–Crippen MR) is 122 cm³/mol. The molecule has 0 aromatic rings. The van der Waals surface area contributed by atoms with Gasteiger partial charge in [0.05, 0.1) is 17.6 Å². The number of hydrogen-bond acceptors (Lipinski definition) is 6. The summed E-state index contributed by atoms with van der Waals surface area (Å²) in [5, 5.41) is 2.91. The lowest BCUT2D eigenvalue weighted by molar-refractivity contribution is -0.160. The number of amides is 2. The average molecular weight is 457 g/mol. The Morgan fingerprint density at radius 1 is 1.33 bits per heavy atom. The van der Waals surface area contributed by atoms with Crippen LogP contribution in [-0.4, -0.2) is 74.1 Å². The van der Waals surface area contributed by atoms with Gasteiger partial charge in [0.1, 0.15) is 12.6 Å². The number of ether oxygens (including phenoxy) is 1. The first kappa shape index (κ1) is 24.9. The van der Waals surface area contributed by atoms with E-state index in [0.29, 0.717) is 12.3 Å². The van der Waals surface area contributed by atoms with Gasteiger partial charge in [-0.2, -0.15) is 11.8 Å². The molecule has 2 aliphatic heterocycles. The zero-order valence-corrected chi connectivity index (χ0v) is 21.0. The Kier molecular flexibility index (Phi) is 8.20. The minimum Gasteiger partial charge on any atom is -0.445 e. The molecule has 0 spiro atoms. The van der Waals surface area contributed by atoms with Gasteiger partial charge in [-0.3, -0.25) is 14.5 Å². The van der Waals surface area contributed by atoms with E-state index in [2.05, 4.69) is 45.8 Å². The van der Waals surface area contributed by atoms with Crippen molar-refractivity contribution in [3.05, 3.63) is 12.7 Å². The van der Waals surface area contributed by atoms with Crippen LogP contribution in [0.1, 0.15) is 34.1 Å². The molecule has 2 aliphatic rings. The van der Waals surface area contributed by atoms with Crippen molar-refractivity contribution < 1.29 is 23.5 Å². The largest absolute Gasteiger partial charge is 0.445 e. The molecule has 2 fully saturated rings. The molecule has 30 heavy (non-hydrogen) atoms. The van der Waals surface area contributed by atoms with Crippen LogP contribution in [0.2, 0.25) is 13.1 Å². The normalized spacial score (nSPS) is 26.4. The van der Waals surface area contributed by atoms with Crippen molar-refractivity contribution in [1.29, 1.82) is 0 Å². The number of β-lactam (4-membered cyclic amide) rings is 1. The van der Waals surface area contributed by atoms with Gasteiger partial charge >= 0.3 is 6.09 Å². The number of Topliss-reactive ketones (excluding diaryl/α,β-unsaturated/α-hetero) is 1. The number of thioether (sulfide) groups is 1. The summed E-state index contributed by atoms with van der Waals surface area (Å²) < 4.78 is 11.6. The third-order valence-electron chi connectivity index (χ3n) is 6.06. The Labute approximate surface area is 186 Å². The van der Waals surface area contributed by atoms with Gasteiger partial charge in [-0.25, -0.2) is 4.79 Å². The van der Waals surface area contributed by atoms with E-state index in [-0.39, 0.29) is 36.2 Å². The topological polar surface area (TPSA) is 84.9 Å². The van der Waals surface area contributed by atoms with Gasteiger partial charge in [-0.15, -0.1) is 0 Å². The zero-order valence-electron chi connectivity index (χ0n) is 19.0. The monoisotopic (exact) mass is 456 g/mol. The Morgan fingerprint density at radius 3 is 2.53 bits per heavy atom. The highest BCUT2D eigenvalue weighted by Crippen LogP contribution is 2.45. The van der Waals surface area contributed by atoms with E-state index in [1.54, 1.807) is 11.8 Å². The summed E-state index contributed by atoms with van der Waals surface area (Å²) >= 11 is 1.65. The van der Waals surface area contributed by atoms with Gasteiger partial charge in [0, 0.05) is 24.5 Å². The number of hydrogen-bond donors (Lipinski definition) is 1. The second-order valence-electron chi connectivity index (χ2n) is 9.44. The third-order valence-corrected chi connectivity index (χ3v) is 8.04. The lowest BCUT2D eigenvalue weighted by atomic mass is 9.63. The molecule has 2 saturated heterocycles. The fraction of sp³-hybridized carbons (Fsp3) is 0.762. The molecule has 9 heteroatoms. The number of nitrogens with zero attached hydrogens (tertiary/aromatic N) is 1. The molecule has 2 heterocycles. The summed E-state index contributed by atoms with van der Waals surface area (Å²) in [6.07, 6.45) is 1.20. The van der Waals surface area contributed by atoms with Gasteiger partial charge in [-0.05, 0) is 25.4 Å². The quantitative estimate of drug-likeness (QED) is 0.343. The van der Waals surface area contributed by atoms with E-state index in [1.807, 2.05) is 6.92 Å². The second-order valence-corrected chi connectivity index (χ2v) is 12.9. The van der Waals surface area contributed by atoms with Gasteiger partial charge in [0.15, 0.2) is 14.8 Å². The summed E-state index contributed by atoms with van der Waals surface area (Å²) in [5.41, 5.74) is -0.931. The molecular formula is C21H36N2O5SSi. The highest BCUT2D eigenvalue weighted by atomic mass is 32.2. The third kappa shape index (κ3) is 5.29. The van der Waals surface area contributed by atoms with E-state index in [9.17, 15) is 14.4 Å². The van der Waals surface area contributed by atoms with Crippen LogP contribution in [0.25, 0.3) is 0 Å². The molecule has 0 aliphatic carbocycles. The highest BCUT2D eigenvalue weighted by Gasteiger charge is 2.57. The number of rotatable bonds is 8. The van der Waals surface area contributed by atoms with Crippen molar-refractivity contribution in [2.75, 3.05) is 24.7 Å². The van der Waals surface area contributed by atoms with Crippen molar-refractivity contribution in [3.8, 4) is 0 Å². The van der Waals surface area contributed by atoms with Crippen LogP contribution in [0.15, 0.2) is 12.7 Å². The number of carbonyl (C=O) groups excluding carboxylic acids is 3. The van der Waals surface area contributed by atoms with Gasteiger partial charge in [0.2, 0.25) is 5.91 Å². The standard InChI is InChI=1S/C21H36N2O5SSi/c1-8-10-27-19(26)23-9-11-29-13-15(23)16(24)12-14-17(18(25)22-14)21(5,20(2,3)4)28-30(6)7/h8,14-15,17,30H,1,9-13H2,2-7H3,(H,22,25)/t14-,15?,17-,21-/m1/s1. The van der Waals surface area contributed by atoms with E-state index >= 15 is 0 Å². The first-order valence-corrected chi connectivity index (χ1v) is 14.5. The van der Waals surface area contributed by atoms with Crippen molar-refractivity contribution in [1.82, 2.24) is 10.2 Å². The van der Waals surface area contributed by atoms with E-state index in [4.69, 9.17) is 9.16 Å². The van der Waals surface area contributed by atoms with Crippen LogP contribution in [-0.2, 0) is 18.8 Å². The second kappa shape index (κ2) is 9.87. The van der Waals surface area contributed by atoms with Crippen LogP contribution < -0.4 is 5.32 Å². The minimum absolute atomic E-state index is 0.0502. The van der Waals surface area contributed by atoms with E-state index in [1.165, 1.54) is 11.0 Å². The van der Waals surface area contributed by atoms with E-state index in [0.717, 1.165) is 5.75 Å². The number of ketones is 1. The van der Waals surface area contributed by atoms with Crippen LogP contribution in [0.5, 0.6) is 0 Å². The first-order valence-electron chi connectivity index (χ1n) is 10.5. The molecule has 4 atom stereocenters. The van der Waals surface area contributed by atoms with Gasteiger partial charge < -0.3 is 14.5 Å². The van der Waals surface area contributed by atoms with Crippen molar-refractivity contribution in [2.24, 2.45) is 11.3 Å². The molecule has 0 radical (unpaired) electrons. The molecule has 2 rings (SSSR count). The Morgan fingerprint density at radius 2 is 2.00 bits per heavy atom. The van der Waals surface area contributed by atoms with Crippen molar-refractivity contribution in [2.45, 2.75) is 64.9 Å². The molecule has 0 aromatic heterocycles. The van der Waals surface area contributed by atoms with Crippen LogP contribution in [0, 0.1) is 11.3 Å². The van der Waals surface area contributed by atoms with Crippen LogP contribution >= 0.6 is 11.8 Å². The SMILES string of the molecule is C=CCOC(=O)N1CCSCC1C(=O)C[C@H]1NC(=O)[C@@H]1[C@@](C)(O[SiH](C)C)C(C)(C)C. The van der Waals surface area contributed by atoms with Crippen molar-refractivity contribution in [3.63, 3.8) is 0 Å². The molecule has 0 aromatic carbocycles. The Bertz CT molecular complexity index is 681. The number of nitrogens with one attached hydrogen (secondary N) is 1. The summed E-state index contributed by atoms with van der Waals surface area (Å²) in [4.78, 5) is 39.6. The lowest BCUT2D eigenvalue weighted by Crippen LogP contribution is -2.71. The molecule has 1 N–H and O–H groups in total. The molecule has 170 valence electrons. The average Bonchev–Trinajstić information content (AvgIpc) is 2.63. The summed E-state index contributed by atoms with van der Waals surface area (Å²) in [6, 6.07) is -0.833. The first-order chi connectivity index (χ1) is 13.9. The predicted octanol–water partition coefficient (Wildman–Crippen LogP) is 2.61.